The van der Waals surface area contributed by atoms with Crippen LogP contribution < -0.4 is 4.74 Å². The summed E-state index contributed by atoms with van der Waals surface area (Å²) in [6.07, 6.45) is 4.12. The summed E-state index contributed by atoms with van der Waals surface area (Å²) < 4.78 is 5.70. The van der Waals surface area contributed by atoms with E-state index in [1.54, 1.807) is 0 Å². The van der Waals surface area contributed by atoms with Crippen molar-refractivity contribution in [2.24, 2.45) is 0 Å². The maximum absolute atomic E-state index is 5.70. The molecule has 1 atom stereocenters. The molecule has 2 aromatic carbocycles. The van der Waals surface area contributed by atoms with Gasteiger partial charge in [-0.1, -0.05) is 54.6 Å². The normalized spacial score (nSPS) is 11.8. The average molecular weight is 252 g/mol. The Labute approximate surface area is 115 Å². The van der Waals surface area contributed by atoms with E-state index in [2.05, 4.69) is 30.8 Å². The standard InChI is InChI=1S/C18H20O/c1-2-16(17-10-5-3-6-11-17)12-9-15-19-18-13-7-4-8-14-18/h2-8,10-11,13-14,16H,1,9,12,15H2/t16-/m0/s1. The molecule has 0 unspecified atom stereocenters. The van der Waals surface area contributed by atoms with Gasteiger partial charge in [-0.25, -0.2) is 0 Å². The second kappa shape index (κ2) is 7.42. The summed E-state index contributed by atoms with van der Waals surface area (Å²) >= 11 is 0. The number of rotatable bonds is 7. The van der Waals surface area contributed by atoms with Crippen molar-refractivity contribution < 1.29 is 4.74 Å². The van der Waals surface area contributed by atoms with Crippen LogP contribution in [0.1, 0.15) is 24.3 Å². The molecular weight excluding hydrogens is 232 g/mol. The summed E-state index contributed by atoms with van der Waals surface area (Å²) in [6.45, 7) is 4.68. The molecule has 0 spiro atoms. The van der Waals surface area contributed by atoms with Crippen LogP contribution in [0.2, 0.25) is 0 Å². The van der Waals surface area contributed by atoms with Gasteiger partial charge in [-0.2, -0.15) is 0 Å². The van der Waals surface area contributed by atoms with Gasteiger partial charge in [0.25, 0.3) is 0 Å². The second-order valence-corrected chi connectivity index (χ2v) is 4.56. The fourth-order valence-corrected chi connectivity index (χ4v) is 2.13. The lowest BCUT2D eigenvalue weighted by Crippen LogP contribution is -2.01. The Bertz CT molecular complexity index is 476. The first-order chi connectivity index (χ1) is 9.40. The van der Waals surface area contributed by atoms with Gasteiger partial charge in [-0.15, -0.1) is 6.58 Å². The SMILES string of the molecule is C=C[C@@H](CCCOc1ccccc1)c1ccccc1. The third kappa shape index (κ3) is 4.29. The summed E-state index contributed by atoms with van der Waals surface area (Å²) in [5.74, 6) is 1.36. The molecule has 0 bridgehead atoms. The van der Waals surface area contributed by atoms with Crippen molar-refractivity contribution in [1.82, 2.24) is 0 Å². The van der Waals surface area contributed by atoms with E-state index in [4.69, 9.17) is 4.74 Å². The van der Waals surface area contributed by atoms with Crippen molar-refractivity contribution in [3.05, 3.63) is 78.9 Å². The van der Waals surface area contributed by atoms with Crippen LogP contribution in [-0.4, -0.2) is 6.61 Å². The summed E-state index contributed by atoms with van der Waals surface area (Å²) in [4.78, 5) is 0. The molecule has 0 aliphatic rings. The molecule has 2 rings (SSSR count). The lowest BCUT2D eigenvalue weighted by Gasteiger charge is -2.13. The highest BCUT2D eigenvalue weighted by Crippen LogP contribution is 2.22. The van der Waals surface area contributed by atoms with Crippen molar-refractivity contribution in [3.63, 3.8) is 0 Å². The summed E-state index contributed by atoms with van der Waals surface area (Å²) in [5, 5.41) is 0. The molecule has 0 N–H and O–H groups in total. The van der Waals surface area contributed by atoms with Crippen LogP contribution in [0.3, 0.4) is 0 Å². The Hall–Kier alpha value is -2.02. The first-order valence-corrected chi connectivity index (χ1v) is 6.75. The fraction of sp³-hybridized carbons (Fsp3) is 0.222. The number of ether oxygens (including phenoxy) is 1. The van der Waals surface area contributed by atoms with E-state index in [9.17, 15) is 0 Å². The van der Waals surface area contributed by atoms with Gasteiger partial charge in [-0.3, -0.25) is 0 Å². The van der Waals surface area contributed by atoms with Crippen molar-refractivity contribution in [3.8, 4) is 5.75 Å². The van der Waals surface area contributed by atoms with Gasteiger partial charge in [0.15, 0.2) is 0 Å². The Morgan fingerprint density at radius 2 is 1.58 bits per heavy atom. The van der Waals surface area contributed by atoms with Crippen molar-refractivity contribution in [2.45, 2.75) is 18.8 Å². The molecule has 0 radical (unpaired) electrons. The molecule has 1 heteroatoms. The third-order valence-corrected chi connectivity index (χ3v) is 3.18. The molecule has 0 aliphatic heterocycles. The molecule has 0 fully saturated rings. The van der Waals surface area contributed by atoms with Gasteiger partial charge < -0.3 is 4.74 Å². The first kappa shape index (κ1) is 13.4. The Morgan fingerprint density at radius 3 is 2.21 bits per heavy atom. The van der Waals surface area contributed by atoms with Crippen molar-refractivity contribution in [1.29, 1.82) is 0 Å². The van der Waals surface area contributed by atoms with E-state index in [0.717, 1.165) is 25.2 Å². The minimum Gasteiger partial charge on any atom is -0.494 e. The topological polar surface area (TPSA) is 9.23 Å². The summed E-state index contributed by atoms with van der Waals surface area (Å²) in [5.41, 5.74) is 1.33. The number of allylic oxidation sites excluding steroid dienone is 1. The molecule has 2 aromatic rings. The zero-order valence-electron chi connectivity index (χ0n) is 11.2. The van der Waals surface area contributed by atoms with Crippen LogP contribution in [0.5, 0.6) is 5.75 Å². The first-order valence-electron chi connectivity index (χ1n) is 6.75. The Kier molecular flexibility index (Phi) is 5.24. The largest absolute Gasteiger partial charge is 0.494 e. The van der Waals surface area contributed by atoms with E-state index in [1.165, 1.54) is 5.56 Å². The predicted octanol–water partition coefficient (Wildman–Crippen LogP) is 4.82. The second-order valence-electron chi connectivity index (χ2n) is 4.56. The van der Waals surface area contributed by atoms with E-state index < -0.39 is 0 Å². The highest BCUT2D eigenvalue weighted by molar-refractivity contribution is 5.23. The van der Waals surface area contributed by atoms with E-state index >= 15 is 0 Å². The monoisotopic (exact) mass is 252 g/mol. The summed E-state index contributed by atoms with van der Waals surface area (Å²) in [7, 11) is 0. The molecule has 0 aromatic heterocycles. The van der Waals surface area contributed by atoms with Gasteiger partial charge in [0.05, 0.1) is 6.61 Å². The number of para-hydroxylation sites is 1. The van der Waals surface area contributed by atoms with Crippen LogP contribution in [0.15, 0.2) is 73.3 Å². The quantitative estimate of drug-likeness (QED) is 0.507. The lowest BCUT2D eigenvalue weighted by atomic mass is 9.95. The molecule has 0 amide bonds. The van der Waals surface area contributed by atoms with Crippen molar-refractivity contribution in [2.75, 3.05) is 6.61 Å². The molecular formula is C18H20O. The minimum atomic E-state index is 0.417. The zero-order chi connectivity index (χ0) is 13.3. The maximum Gasteiger partial charge on any atom is 0.119 e. The molecule has 1 nitrogen and oxygen atoms in total. The van der Waals surface area contributed by atoms with E-state index in [-0.39, 0.29) is 0 Å². The highest BCUT2D eigenvalue weighted by Gasteiger charge is 2.06. The van der Waals surface area contributed by atoms with E-state index in [0.29, 0.717) is 5.92 Å². The van der Waals surface area contributed by atoms with Crippen LogP contribution in [-0.2, 0) is 0 Å². The molecule has 19 heavy (non-hydrogen) atoms. The number of hydrogen-bond donors (Lipinski definition) is 0. The minimum absolute atomic E-state index is 0.417. The number of hydrogen-bond acceptors (Lipinski definition) is 1. The molecule has 0 saturated carbocycles. The van der Waals surface area contributed by atoms with Gasteiger partial charge in [0, 0.05) is 5.92 Å². The van der Waals surface area contributed by atoms with Crippen LogP contribution in [0.25, 0.3) is 0 Å². The summed E-state index contributed by atoms with van der Waals surface area (Å²) in [6, 6.07) is 20.5. The smallest absolute Gasteiger partial charge is 0.119 e. The third-order valence-electron chi connectivity index (χ3n) is 3.18. The van der Waals surface area contributed by atoms with Gasteiger partial charge in [0.2, 0.25) is 0 Å². The van der Waals surface area contributed by atoms with Gasteiger partial charge in [-0.05, 0) is 30.5 Å². The molecule has 0 heterocycles. The lowest BCUT2D eigenvalue weighted by molar-refractivity contribution is 0.304. The van der Waals surface area contributed by atoms with Crippen LogP contribution in [0.4, 0.5) is 0 Å². The highest BCUT2D eigenvalue weighted by atomic mass is 16.5. The Morgan fingerprint density at radius 1 is 0.947 bits per heavy atom. The average Bonchev–Trinajstić information content (AvgIpc) is 2.49. The molecule has 0 aliphatic carbocycles. The van der Waals surface area contributed by atoms with Crippen LogP contribution >= 0.6 is 0 Å². The molecule has 0 saturated heterocycles. The maximum atomic E-state index is 5.70. The number of benzene rings is 2. The molecule has 98 valence electrons. The Balaban J connectivity index is 1.77. The van der Waals surface area contributed by atoms with E-state index in [1.807, 2.05) is 42.5 Å². The van der Waals surface area contributed by atoms with Crippen molar-refractivity contribution >= 4 is 0 Å². The van der Waals surface area contributed by atoms with Crippen LogP contribution in [0, 0.1) is 0 Å². The zero-order valence-corrected chi connectivity index (χ0v) is 11.2. The fourth-order valence-electron chi connectivity index (χ4n) is 2.13. The predicted molar refractivity (Wildman–Crippen MR) is 80.6 cm³/mol. The van der Waals surface area contributed by atoms with Gasteiger partial charge >= 0.3 is 0 Å². The van der Waals surface area contributed by atoms with Gasteiger partial charge in [0.1, 0.15) is 5.75 Å².